The van der Waals surface area contributed by atoms with Crippen molar-refractivity contribution < 1.29 is 13.2 Å². The second-order valence-corrected chi connectivity index (χ2v) is 9.05. The molecule has 6 nitrogen and oxygen atoms in total. The van der Waals surface area contributed by atoms with E-state index in [9.17, 15) is 8.42 Å². The van der Waals surface area contributed by atoms with Gasteiger partial charge in [-0.2, -0.15) is 0 Å². The highest BCUT2D eigenvalue weighted by molar-refractivity contribution is 7.99. The molecular formula is C18H16ClN3O3S2. The molecular weight excluding hydrogens is 406 g/mol. The van der Waals surface area contributed by atoms with Crippen molar-refractivity contribution in [3.8, 4) is 17.0 Å². The quantitative estimate of drug-likeness (QED) is 0.670. The molecule has 1 aliphatic heterocycles. The number of imidazole rings is 1. The van der Waals surface area contributed by atoms with E-state index in [1.165, 1.54) is 19.2 Å². The summed E-state index contributed by atoms with van der Waals surface area (Å²) in [4.78, 5) is 4.60. The molecule has 0 unspecified atom stereocenters. The summed E-state index contributed by atoms with van der Waals surface area (Å²) in [5, 5.41) is 1.26. The highest BCUT2D eigenvalue weighted by atomic mass is 35.5. The minimum atomic E-state index is -3.90. The van der Waals surface area contributed by atoms with Gasteiger partial charge in [0.2, 0.25) is 0 Å². The Balaban J connectivity index is 1.74. The molecule has 1 aliphatic rings. The number of halogens is 1. The molecule has 0 saturated carbocycles. The molecule has 0 amide bonds. The fraction of sp³-hybridized carbons (Fsp3) is 0.167. The van der Waals surface area contributed by atoms with Gasteiger partial charge in [-0.25, -0.2) is 13.4 Å². The predicted octanol–water partition coefficient (Wildman–Crippen LogP) is 4.12. The predicted molar refractivity (Wildman–Crippen MR) is 107 cm³/mol. The first-order valence-corrected chi connectivity index (χ1v) is 11.0. The Hall–Kier alpha value is -2.16. The molecule has 0 aliphatic carbocycles. The maximum atomic E-state index is 13.0. The van der Waals surface area contributed by atoms with E-state index in [0.29, 0.717) is 16.3 Å². The van der Waals surface area contributed by atoms with Gasteiger partial charge in [-0.05, 0) is 24.3 Å². The third-order valence-electron chi connectivity index (χ3n) is 4.17. The fourth-order valence-corrected chi connectivity index (χ4v) is 5.35. The summed E-state index contributed by atoms with van der Waals surface area (Å²) in [5.41, 5.74) is 1.89. The minimum Gasteiger partial charge on any atom is -0.495 e. The highest BCUT2D eigenvalue weighted by Crippen LogP contribution is 2.34. The molecule has 3 aromatic rings. The molecule has 0 atom stereocenters. The van der Waals surface area contributed by atoms with Crippen LogP contribution in [-0.2, 0) is 16.6 Å². The summed E-state index contributed by atoms with van der Waals surface area (Å²) in [6.45, 7) is 0.903. The van der Waals surface area contributed by atoms with Crippen LogP contribution in [0.2, 0.25) is 5.02 Å². The molecule has 0 spiro atoms. The lowest BCUT2D eigenvalue weighted by Crippen LogP contribution is -2.14. The first-order valence-electron chi connectivity index (χ1n) is 8.14. The standard InChI is InChI=1S/C18H16ClN3O3S2/c1-25-16-7-6-12(19)10-17(16)27(23,24)21-14-5-3-2-4-13(14)15-11-22-8-9-26-18(22)20-15/h2-7,10-11,21H,8-9H2,1H3. The monoisotopic (exact) mass is 421 g/mol. The summed E-state index contributed by atoms with van der Waals surface area (Å²) in [7, 11) is -2.49. The number of sulfonamides is 1. The summed E-state index contributed by atoms with van der Waals surface area (Å²) in [6.07, 6.45) is 1.95. The van der Waals surface area contributed by atoms with Crippen LogP contribution in [0.15, 0.2) is 58.7 Å². The lowest BCUT2D eigenvalue weighted by molar-refractivity contribution is 0.403. The van der Waals surface area contributed by atoms with Crippen LogP contribution in [0.3, 0.4) is 0 Å². The molecule has 4 rings (SSSR count). The lowest BCUT2D eigenvalue weighted by Gasteiger charge is -2.14. The van der Waals surface area contributed by atoms with Gasteiger partial charge in [0.05, 0.1) is 18.5 Å². The third-order valence-corrected chi connectivity index (χ3v) is 6.76. The van der Waals surface area contributed by atoms with Gasteiger partial charge in [-0.1, -0.05) is 41.6 Å². The largest absolute Gasteiger partial charge is 0.495 e. The number of fused-ring (bicyclic) bond motifs is 1. The van der Waals surface area contributed by atoms with Crippen molar-refractivity contribution in [3.05, 3.63) is 53.7 Å². The molecule has 27 heavy (non-hydrogen) atoms. The van der Waals surface area contributed by atoms with E-state index in [4.69, 9.17) is 16.3 Å². The zero-order valence-corrected chi connectivity index (χ0v) is 16.7. The number of methoxy groups -OCH3 is 1. The molecule has 2 aromatic carbocycles. The van der Waals surface area contributed by atoms with Crippen LogP contribution in [0.1, 0.15) is 0 Å². The zero-order valence-electron chi connectivity index (χ0n) is 14.3. The maximum absolute atomic E-state index is 13.0. The van der Waals surface area contributed by atoms with Crippen molar-refractivity contribution in [2.24, 2.45) is 0 Å². The number of rotatable bonds is 5. The Kier molecular flexibility index (Phi) is 4.79. The fourth-order valence-electron chi connectivity index (χ4n) is 2.90. The maximum Gasteiger partial charge on any atom is 0.265 e. The number of benzene rings is 2. The highest BCUT2D eigenvalue weighted by Gasteiger charge is 2.23. The van der Waals surface area contributed by atoms with Crippen molar-refractivity contribution in [2.45, 2.75) is 16.6 Å². The Morgan fingerprint density at radius 3 is 2.85 bits per heavy atom. The molecule has 1 N–H and O–H groups in total. The first-order chi connectivity index (χ1) is 13.0. The van der Waals surface area contributed by atoms with Crippen molar-refractivity contribution >= 4 is 39.1 Å². The van der Waals surface area contributed by atoms with Gasteiger partial charge in [-0.15, -0.1) is 0 Å². The van der Waals surface area contributed by atoms with E-state index < -0.39 is 10.0 Å². The van der Waals surface area contributed by atoms with Gasteiger partial charge >= 0.3 is 0 Å². The third kappa shape index (κ3) is 3.52. The van der Waals surface area contributed by atoms with Gasteiger partial charge in [0, 0.05) is 29.1 Å². The normalized spacial score (nSPS) is 13.4. The number of nitrogens with one attached hydrogen (secondary N) is 1. The van der Waals surface area contributed by atoms with E-state index in [1.807, 2.05) is 18.3 Å². The van der Waals surface area contributed by atoms with Gasteiger partial charge in [0.15, 0.2) is 5.16 Å². The van der Waals surface area contributed by atoms with Crippen LogP contribution in [0.5, 0.6) is 5.75 Å². The van der Waals surface area contributed by atoms with E-state index in [2.05, 4.69) is 14.3 Å². The number of hydrogen-bond donors (Lipinski definition) is 1. The van der Waals surface area contributed by atoms with Crippen molar-refractivity contribution in [3.63, 3.8) is 0 Å². The number of anilines is 1. The second-order valence-electron chi connectivity index (χ2n) is 5.90. The number of para-hydroxylation sites is 1. The van der Waals surface area contributed by atoms with Crippen LogP contribution in [0.4, 0.5) is 5.69 Å². The van der Waals surface area contributed by atoms with Gasteiger partial charge in [-0.3, -0.25) is 4.72 Å². The molecule has 2 heterocycles. The number of nitrogens with zero attached hydrogens (tertiary/aromatic N) is 2. The van der Waals surface area contributed by atoms with E-state index >= 15 is 0 Å². The Morgan fingerprint density at radius 1 is 1.26 bits per heavy atom. The van der Waals surface area contributed by atoms with E-state index in [0.717, 1.165) is 23.1 Å². The SMILES string of the molecule is COc1ccc(Cl)cc1S(=O)(=O)Nc1ccccc1-c1cn2c(n1)SCC2. The summed E-state index contributed by atoms with van der Waals surface area (Å²) in [5.74, 6) is 1.23. The summed E-state index contributed by atoms with van der Waals surface area (Å²) < 4.78 is 35.9. The molecule has 9 heteroatoms. The van der Waals surface area contributed by atoms with E-state index in [1.54, 1.807) is 30.0 Å². The number of aromatic nitrogens is 2. The van der Waals surface area contributed by atoms with Crippen LogP contribution in [-0.4, -0.2) is 30.8 Å². The first kappa shape index (κ1) is 18.2. The lowest BCUT2D eigenvalue weighted by atomic mass is 10.1. The average molecular weight is 422 g/mol. The number of thioether (sulfide) groups is 1. The van der Waals surface area contributed by atoms with Gasteiger partial charge in [0.25, 0.3) is 10.0 Å². The van der Waals surface area contributed by atoms with Crippen LogP contribution in [0, 0.1) is 0 Å². The number of ether oxygens (including phenoxy) is 1. The molecule has 0 fully saturated rings. The number of aryl methyl sites for hydroxylation is 1. The van der Waals surface area contributed by atoms with Crippen LogP contribution < -0.4 is 9.46 Å². The van der Waals surface area contributed by atoms with Crippen molar-refractivity contribution in [2.75, 3.05) is 17.6 Å². The van der Waals surface area contributed by atoms with Crippen LogP contribution in [0.25, 0.3) is 11.3 Å². The van der Waals surface area contributed by atoms with E-state index in [-0.39, 0.29) is 10.6 Å². The minimum absolute atomic E-state index is 0.0183. The Morgan fingerprint density at radius 2 is 2.07 bits per heavy atom. The second kappa shape index (κ2) is 7.10. The van der Waals surface area contributed by atoms with Crippen LogP contribution >= 0.6 is 23.4 Å². The van der Waals surface area contributed by atoms with Crippen molar-refractivity contribution in [1.82, 2.24) is 9.55 Å². The molecule has 1 aromatic heterocycles. The molecule has 140 valence electrons. The zero-order chi connectivity index (χ0) is 19.0. The Labute approximate surface area is 166 Å². The topological polar surface area (TPSA) is 73.2 Å². The van der Waals surface area contributed by atoms with Gasteiger partial charge in [0.1, 0.15) is 10.6 Å². The Bertz CT molecular complexity index is 1090. The van der Waals surface area contributed by atoms with Crippen molar-refractivity contribution in [1.29, 1.82) is 0 Å². The van der Waals surface area contributed by atoms with Gasteiger partial charge < -0.3 is 9.30 Å². The average Bonchev–Trinajstić information content (AvgIpc) is 3.24. The summed E-state index contributed by atoms with van der Waals surface area (Å²) >= 11 is 7.68. The number of hydrogen-bond acceptors (Lipinski definition) is 5. The molecule has 0 radical (unpaired) electrons. The smallest absolute Gasteiger partial charge is 0.265 e. The summed E-state index contributed by atoms with van der Waals surface area (Å²) in [6, 6.07) is 11.7. The molecule has 0 bridgehead atoms. The molecule has 0 saturated heterocycles.